The van der Waals surface area contributed by atoms with E-state index in [1.165, 1.54) is 7.11 Å². The zero-order valence-electron chi connectivity index (χ0n) is 12.0. The fourth-order valence-electron chi connectivity index (χ4n) is 1.53. The Bertz CT molecular complexity index is 444. The van der Waals surface area contributed by atoms with E-state index in [0.717, 1.165) is 12.8 Å². The van der Waals surface area contributed by atoms with Gasteiger partial charge in [0, 0.05) is 5.88 Å². The fraction of sp³-hybridized carbons (Fsp3) is 0.467. The molecule has 0 aliphatic rings. The smallest absolute Gasteiger partial charge is 0.337 e. The number of esters is 2. The first kappa shape index (κ1) is 17.3. The molecule has 0 aliphatic heterocycles. The first-order valence-electron chi connectivity index (χ1n) is 6.70. The highest BCUT2D eigenvalue weighted by Crippen LogP contribution is 2.13. The van der Waals surface area contributed by atoms with E-state index >= 15 is 0 Å². The molecular formula is C15H19ClO5. The highest BCUT2D eigenvalue weighted by molar-refractivity contribution is 6.18. The SMILES string of the molecule is COC(=O)c1ccc(OCCCCOC(=O)CCCl)cc1. The average Bonchev–Trinajstić information content (AvgIpc) is 2.51. The predicted octanol–water partition coefficient (Wildman–Crippen LogP) is 2.80. The number of unbranched alkanes of at least 4 members (excludes halogenated alkanes) is 1. The van der Waals surface area contributed by atoms with Crippen LogP contribution in [0.15, 0.2) is 24.3 Å². The molecule has 1 aromatic rings. The van der Waals surface area contributed by atoms with E-state index in [0.29, 0.717) is 24.5 Å². The maximum Gasteiger partial charge on any atom is 0.337 e. The number of carbonyl (C=O) groups is 2. The Balaban J connectivity index is 2.15. The summed E-state index contributed by atoms with van der Waals surface area (Å²) in [6.07, 6.45) is 1.74. The number of methoxy groups -OCH3 is 1. The van der Waals surface area contributed by atoms with Gasteiger partial charge in [-0.15, -0.1) is 11.6 Å². The summed E-state index contributed by atoms with van der Waals surface area (Å²) in [4.78, 5) is 22.3. The highest BCUT2D eigenvalue weighted by atomic mass is 35.5. The third kappa shape index (κ3) is 6.99. The van der Waals surface area contributed by atoms with Crippen molar-refractivity contribution < 1.29 is 23.8 Å². The summed E-state index contributed by atoms with van der Waals surface area (Å²) in [5, 5.41) is 0. The van der Waals surface area contributed by atoms with Crippen LogP contribution < -0.4 is 4.74 Å². The average molecular weight is 315 g/mol. The molecule has 116 valence electrons. The van der Waals surface area contributed by atoms with Crippen molar-refractivity contribution in [1.82, 2.24) is 0 Å². The Morgan fingerprint density at radius 1 is 1.10 bits per heavy atom. The fourth-order valence-corrected chi connectivity index (χ4v) is 1.69. The lowest BCUT2D eigenvalue weighted by Gasteiger charge is -2.07. The molecule has 0 aliphatic carbocycles. The quantitative estimate of drug-likeness (QED) is 0.398. The van der Waals surface area contributed by atoms with Crippen molar-refractivity contribution in [3.8, 4) is 5.75 Å². The molecular weight excluding hydrogens is 296 g/mol. The number of hydrogen-bond donors (Lipinski definition) is 0. The minimum absolute atomic E-state index is 0.241. The molecule has 1 rings (SSSR count). The molecule has 0 aromatic heterocycles. The number of ether oxygens (including phenoxy) is 3. The standard InChI is InChI=1S/C15H19ClO5/c1-19-15(18)12-4-6-13(7-5-12)20-10-2-3-11-21-14(17)8-9-16/h4-7H,2-3,8-11H2,1H3. The summed E-state index contributed by atoms with van der Waals surface area (Å²) >= 11 is 5.42. The molecule has 0 saturated carbocycles. The maximum atomic E-state index is 11.2. The first-order valence-corrected chi connectivity index (χ1v) is 7.23. The van der Waals surface area contributed by atoms with Crippen molar-refractivity contribution in [2.75, 3.05) is 26.2 Å². The summed E-state index contributed by atoms with van der Waals surface area (Å²) in [6.45, 7) is 0.894. The second-order valence-corrected chi connectivity index (χ2v) is 4.61. The van der Waals surface area contributed by atoms with Gasteiger partial charge in [0.15, 0.2) is 0 Å². The molecule has 0 radical (unpaired) electrons. The molecule has 0 atom stereocenters. The summed E-state index contributed by atoms with van der Waals surface area (Å²) in [5.41, 5.74) is 0.482. The zero-order valence-corrected chi connectivity index (χ0v) is 12.7. The molecule has 0 amide bonds. The molecule has 0 unspecified atom stereocenters. The third-order valence-corrected chi connectivity index (χ3v) is 2.83. The molecule has 5 nitrogen and oxygen atoms in total. The normalized spacial score (nSPS) is 10.0. The summed E-state index contributed by atoms with van der Waals surface area (Å²) in [5.74, 6) is 0.315. The van der Waals surface area contributed by atoms with Crippen molar-refractivity contribution in [3.05, 3.63) is 29.8 Å². The van der Waals surface area contributed by atoms with Crippen molar-refractivity contribution in [2.45, 2.75) is 19.3 Å². The maximum absolute atomic E-state index is 11.2. The molecule has 21 heavy (non-hydrogen) atoms. The van der Waals surface area contributed by atoms with Crippen LogP contribution in [0.3, 0.4) is 0 Å². The molecule has 0 fully saturated rings. The number of rotatable bonds is 9. The van der Waals surface area contributed by atoms with Crippen LogP contribution in [-0.4, -0.2) is 38.1 Å². The minimum Gasteiger partial charge on any atom is -0.494 e. The van der Waals surface area contributed by atoms with Crippen LogP contribution in [0.4, 0.5) is 0 Å². The van der Waals surface area contributed by atoms with E-state index in [9.17, 15) is 9.59 Å². The second-order valence-electron chi connectivity index (χ2n) is 4.23. The van der Waals surface area contributed by atoms with Gasteiger partial charge in [0.1, 0.15) is 5.75 Å². The molecule has 0 saturated heterocycles. The van der Waals surface area contributed by atoms with Gasteiger partial charge in [-0.3, -0.25) is 4.79 Å². The van der Waals surface area contributed by atoms with Gasteiger partial charge in [0.05, 0.1) is 32.3 Å². The number of alkyl halides is 1. The van der Waals surface area contributed by atoms with Gasteiger partial charge in [0.2, 0.25) is 0 Å². The van der Waals surface area contributed by atoms with Gasteiger partial charge in [-0.2, -0.15) is 0 Å². The van der Waals surface area contributed by atoms with Gasteiger partial charge in [0.25, 0.3) is 0 Å². The molecule has 0 heterocycles. The highest BCUT2D eigenvalue weighted by Gasteiger charge is 2.04. The van der Waals surface area contributed by atoms with Crippen LogP contribution in [0.25, 0.3) is 0 Å². The van der Waals surface area contributed by atoms with Crippen LogP contribution in [0, 0.1) is 0 Å². The van der Waals surface area contributed by atoms with Gasteiger partial charge < -0.3 is 14.2 Å². The van der Waals surface area contributed by atoms with Gasteiger partial charge >= 0.3 is 11.9 Å². The molecule has 0 bridgehead atoms. The third-order valence-electron chi connectivity index (χ3n) is 2.64. The van der Waals surface area contributed by atoms with Crippen LogP contribution in [0.1, 0.15) is 29.6 Å². The van der Waals surface area contributed by atoms with Crippen molar-refractivity contribution >= 4 is 23.5 Å². The Morgan fingerprint density at radius 2 is 1.76 bits per heavy atom. The molecule has 0 N–H and O–H groups in total. The van der Waals surface area contributed by atoms with E-state index < -0.39 is 0 Å². The molecule has 0 spiro atoms. The Hall–Kier alpha value is -1.75. The zero-order chi connectivity index (χ0) is 15.5. The van der Waals surface area contributed by atoms with Crippen LogP contribution in [-0.2, 0) is 14.3 Å². The lowest BCUT2D eigenvalue weighted by Crippen LogP contribution is -2.07. The first-order chi connectivity index (χ1) is 10.2. The Kier molecular flexibility index (Phi) is 8.28. The largest absolute Gasteiger partial charge is 0.494 e. The lowest BCUT2D eigenvalue weighted by atomic mass is 10.2. The predicted molar refractivity (Wildman–Crippen MR) is 78.8 cm³/mol. The van der Waals surface area contributed by atoms with E-state index in [4.69, 9.17) is 21.1 Å². The summed E-state index contributed by atoms with van der Waals surface area (Å²) < 4.78 is 15.1. The van der Waals surface area contributed by atoms with Crippen LogP contribution >= 0.6 is 11.6 Å². The van der Waals surface area contributed by atoms with Crippen LogP contribution in [0.5, 0.6) is 5.75 Å². The molecule has 6 heteroatoms. The van der Waals surface area contributed by atoms with E-state index in [1.54, 1.807) is 24.3 Å². The topological polar surface area (TPSA) is 61.8 Å². The van der Waals surface area contributed by atoms with E-state index in [2.05, 4.69) is 4.74 Å². The summed E-state index contributed by atoms with van der Waals surface area (Å²) in [7, 11) is 1.34. The van der Waals surface area contributed by atoms with Crippen molar-refractivity contribution in [1.29, 1.82) is 0 Å². The minimum atomic E-state index is -0.375. The van der Waals surface area contributed by atoms with Crippen LogP contribution in [0.2, 0.25) is 0 Å². The van der Waals surface area contributed by atoms with Crippen molar-refractivity contribution in [3.63, 3.8) is 0 Å². The monoisotopic (exact) mass is 314 g/mol. The summed E-state index contributed by atoms with van der Waals surface area (Å²) in [6, 6.07) is 6.73. The number of hydrogen-bond acceptors (Lipinski definition) is 5. The van der Waals surface area contributed by atoms with Crippen molar-refractivity contribution in [2.24, 2.45) is 0 Å². The second kappa shape index (κ2) is 10.0. The Labute approximate surface area is 129 Å². The number of halogens is 1. The number of benzene rings is 1. The van der Waals surface area contributed by atoms with Gasteiger partial charge in [-0.1, -0.05) is 0 Å². The van der Waals surface area contributed by atoms with E-state index in [-0.39, 0.29) is 24.2 Å². The number of carbonyl (C=O) groups excluding carboxylic acids is 2. The van der Waals surface area contributed by atoms with Gasteiger partial charge in [-0.25, -0.2) is 4.79 Å². The lowest BCUT2D eigenvalue weighted by molar-refractivity contribution is -0.143. The molecule has 1 aromatic carbocycles. The van der Waals surface area contributed by atoms with E-state index in [1.807, 2.05) is 0 Å². The Morgan fingerprint density at radius 3 is 2.38 bits per heavy atom. The van der Waals surface area contributed by atoms with Gasteiger partial charge in [-0.05, 0) is 37.1 Å².